The Balaban J connectivity index is 0.000000388. The minimum atomic E-state index is -0.721. The summed E-state index contributed by atoms with van der Waals surface area (Å²) in [6.45, 7) is 13.8. The first kappa shape index (κ1) is 52.5. The maximum Gasteiger partial charge on any atom is 1.00 e. The molecule has 2 unspecified atom stereocenters. The Morgan fingerprint density at radius 3 is 1.56 bits per heavy atom. The van der Waals surface area contributed by atoms with E-state index in [-0.39, 0.29) is 60.5 Å². The molecule has 4 aromatic rings. The van der Waals surface area contributed by atoms with Gasteiger partial charge in [0.15, 0.2) is 0 Å². The molecule has 0 bridgehead atoms. The number of unbranched alkanes of at least 4 members (excludes halogenated alkanes) is 2. The number of carboxylic acids is 1. The van der Waals surface area contributed by atoms with E-state index in [1.807, 2.05) is 63.5 Å². The third-order valence-corrected chi connectivity index (χ3v) is 12.5. The molecule has 0 saturated carbocycles. The first-order chi connectivity index (χ1) is 26.8. The number of fused-ring (bicyclic) bond motifs is 2. The molecule has 2 aliphatic heterocycles. The van der Waals surface area contributed by atoms with Gasteiger partial charge < -0.3 is 25.3 Å². The Hall–Kier alpha value is -2.60. The van der Waals surface area contributed by atoms with E-state index in [0.29, 0.717) is 13.0 Å². The number of nitrogens with zero attached hydrogens (tertiary/aromatic N) is 2. The molecule has 4 heterocycles. The second-order valence-corrected chi connectivity index (χ2v) is 17.6. The standard InChI is InChI=1S/C24H33ClN2O2.C22H29ClN2O2.CH4.Na.H2O/c1-4-29-23(28)24(2,3)14-8-7-11-22(19-9-5-6-10-20(19)25)27-16-13-21-18(17-27)12-15-26-21;1-22(2,21(26)27)12-6-5-9-20(17-7-3-4-8-18(17)23)25-14-11-19-16(15-25)10-13-24-19;;;/h5-6,9-10,12,15,22,26H,4,7-8,11,13-14,16-17H2,1-3H3;3-4,7-8,10,13,20,24H,5-6,9,11-12,14-15H2,1-2H3,(H,26,27);1H4;;1H2/q;;;+1;/p-1. The molecule has 0 fully saturated rings. The predicted octanol–water partition coefficient (Wildman–Crippen LogP) is 8.82. The van der Waals surface area contributed by atoms with Gasteiger partial charge in [0.05, 0.1) is 17.4 Å². The van der Waals surface area contributed by atoms with Crippen molar-refractivity contribution < 1.29 is 54.5 Å². The van der Waals surface area contributed by atoms with Crippen LogP contribution in [-0.4, -0.2) is 62.0 Å². The van der Waals surface area contributed by atoms with Crippen LogP contribution >= 0.6 is 23.2 Å². The van der Waals surface area contributed by atoms with Crippen molar-refractivity contribution in [3.05, 3.63) is 117 Å². The van der Waals surface area contributed by atoms with E-state index < -0.39 is 16.8 Å². The van der Waals surface area contributed by atoms with Gasteiger partial charge in [0.25, 0.3) is 0 Å². The Morgan fingerprint density at radius 2 is 1.15 bits per heavy atom. The van der Waals surface area contributed by atoms with E-state index >= 15 is 0 Å². The van der Waals surface area contributed by atoms with Gasteiger partial charge in [0.1, 0.15) is 0 Å². The van der Waals surface area contributed by atoms with Gasteiger partial charge >= 0.3 is 41.5 Å². The number of aromatic amines is 2. The number of H-pyrrole nitrogens is 2. The number of aliphatic carboxylic acids is 1. The third kappa shape index (κ3) is 14.5. The summed E-state index contributed by atoms with van der Waals surface area (Å²) < 4.78 is 5.22. The molecular weight excluding hydrogens is 794 g/mol. The van der Waals surface area contributed by atoms with E-state index in [4.69, 9.17) is 27.9 Å². The molecule has 0 radical (unpaired) electrons. The van der Waals surface area contributed by atoms with Gasteiger partial charge in [-0.3, -0.25) is 19.4 Å². The van der Waals surface area contributed by atoms with Gasteiger partial charge in [-0.1, -0.05) is 92.7 Å². The quantitative estimate of drug-likeness (QED) is 0.0550. The number of carbonyl (C=O) groups excluding carboxylic acids is 1. The zero-order valence-electron chi connectivity index (χ0n) is 35.5. The van der Waals surface area contributed by atoms with Gasteiger partial charge in [-0.25, -0.2) is 0 Å². The molecule has 2 atom stereocenters. The van der Waals surface area contributed by atoms with E-state index in [2.05, 4.69) is 50.1 Å². The molecule has 59 heavy (non-hydrogen) atoms. The minimum Gasteiger partial charge on any atom is -0.870 e. The predicted molar refractivity (Wildman–Crippen MR) is 236 cm³/mol. The molecular formula is C47H67Cl2N4NaO5. The molecule has 2 aromatic heterocycles. The van der Waals surface area contributed by atoms with Gasteiger partial charge in [-0.05, 0) is 107 Å². The second kappa shape index (κ2) is 24.7. The summed E-state index contributed by atoms with van der Waals surface area (Å²) in [5.74, 6) is -0.820. The molecule has 12 heteroatoms. The summed E-state index contributed by atoms with van der Waals surface area (Å²) in [6.07, 6.45) is 13.6. The van der Waals surface area contributed by atoms with Crippen LogP contribution in [0.1, 0.15) is 139 Å². The van der Waals surface area contributed by atoms with Crippen LogP contribution in [0.3, 0.4) is 0 Å². The van der Waals surface area contributed by atoms with E-state index in [1.54, 1.807) is 13.8 Å². The van der Waals surface area contributed by atoms with Gasteiger partial charge in [0.2, 0.25) is 0 Å². The van der Waals surface area contributed by atoms with Crippen molar-refractivity contribution >= 4 is 35.1 Å². The number of rotatable bonds is 17. The van der Waals surface area contributed by atoms with E-state index in [1.165, 1.54) is 33.6 Å². The van der Waals surface area contributed by atoms with Crippen LogP contribution in [0.15, 0.2) is 73.1 Å². The van der Waals surface area contributed by atoms with Gasteiger partial charge in [-0.2, -0.15) is 0 Å². The molecule has 9 nitrogen and oxygen atoms in total. The van der Waals surface area contributed by atoms with Crippen molar-refractivity contribution in [2.75, 3.05) is 19.7 Å². The number of esters is 1. The summed E-state index contributed by atoms with van der Waals surface area (Å²) in [7, 11) is 0. The average Bonchev–Trinajstić information content (AvgIpc) is 3.85. The van der Waals surface area contributed by atoms with Crippen molar-refractivity contribution in [1.82, 2.24) is 19.8 Å². The number of hydrogen-bond acceptors (Lipinski definition) is 6. The Kier molecular flexibility index (Phi) is 22.0. The van der Waals surface area contributed by atoms with E-state index in [0.717, 1.165) is 94.0 Å². The molecule has 320 valence electrons. The monoisotopic (exact) mass is 860 g/mol. The summed E-state index contributed by atoms with van der Waals surface area (Å²) in [6, 6.07) is 21.2. The zero-order chi connectivity index (χ0) is 40.3. The first-order valence-corrected chi connectivity index (χ1v) is 21.2. The van der Waals surface area contributed by atoms with Crippen molar-refractivity contribution in [3.8, 4) is 0 Å². The molecule has 6 rings (SSSR count). The number of ether oxygens (including phenoxy) is 1. The fourth-order valence-corrected chi connectivity index (χ4v) is 8.70. The van der Waals surface area contributed by atoms with Crippen LogP contribution in [0.4, 0.5) is 0 Å². The smallest absolute Gasteiger partial charge is 0.870 e. The summed E-state index contributed by atoms with van der Waals surface area (Å²) in [5, 5.41) is 11.0. The van der Waals surface area contributed by atoms with Crippen LogP contribution in [0.25, 0.3) is 0 Å². The maximum absolute atomic E-state index is 12.1. The topological polar surface area (TPSA) is 132 Å². The van der Waals surface area contributed by atoms with Crippen molar-refractivity contribution in [2.24, 2.45) is 10.8 Å². The van der Waals surface area contributed by atoms with Crippen molar-refractivity contribution in [2.45, 2.75) is 131 Å². The molecule has 0 saturated heterocycles. The second-order valence-electron chi connectivity index (χ2n) is 16.8. The average molecular weight is 862 g/mol. The van der Waals surface area contributed by atoms with Crippen LogP contribution in [0.2, 0.25) is 10.0 Å². The van der Waals surface area contributed by atoms with E-state index in [9.17, 15) is 14.7 Å². The Labute approximate surface area is 385 Å². The number of aromatic nitrogens is 2. The van der Waals surface area contributed by atoms with Crippen LogP contribution in [0, 0.1) is 10.8 Å². The number of halogens is 2. The summed E-state index contributed by atoms with van der Waals surface area (Å²) >= 11 is 13.1. The molecule has 2 aliphatic rings. The van der Waals surface area contributed by atoms with Gasteiger partial charge in [0, 0.05) is 84.9 Å². The molecule has 2 aromatic carbocycles. The summed E-state index contributed by atoms with van der Waals surface area (Å²) in [5.41, 5.74) is 6.74. The normalized spacial score (nSPS) is 15.1. The van der Waals surface area contributed by atoms with Crippen LogP contribution in [0.5, 0.6) is 0 Å². The van der Waals surface area contributed by atoms with Crippen LogP contribution < -0.4 is 29.6 Å². The molecule has 0 amide bonds. The molecule has 4 N–H and O–H groups in total. The SMILES string of the molecule is C.CC(C)(CCCCC(c1ccccc1Cl)N1CCc2[nH]ccc2C1)C(=O)O.CCOC(=O)C(C)(C)CCCCC(c1ccccc1Cl)N1CCc2[nH]ccc2C1.[Na+].[OH-]. The minimum absolute atomic E-state index is 0. The first-order valence-electron chi connectivity index (χ1n) is 20.5. The molecule has 0 spiro atoms. The zero-order valence-corrected chi connectivity index (χ0v) is 39.0. The largest absolute Gasteiger partial charge is 1.00 e. The Bertz CT molecular complexity index is 1880. The summed E-state index contributed by atoms with van der Waals surface area (Å²) in [4.78, 5) is 35.2. The van der Waals surface area contributed by atoms with Crippen molar-refractivity contribution in [3.63, 3.8) is 0 Å². The fourth-order valence-electron chi connectivity index (χ4n) is 8.18. The van der Waals surface area contributed by atoms with Gasteiger partial charge in [-0.15, -0.1) is 0 Å². The number of hydrogen-bond donors (Lipinski definition) is 3. The fraction of sp³-hybridized carbons (Fsp3) is 0.532. The number of nitrogens with one attached hydrogen (secondary N) is 2. The molecule has 0 aliphatic carbocycles. The number of carbonyl (C=O) groups is 2. The number of benzene rings is 2. The Morgan fingerprint density at radius 1 is 0.729 bits per heavy atom. The van der Waals surface area contributed by atoms with Crippen molar-refractivity contribution in [1.29, 1.82) is 0 Å². The third-order valence-electron chi connectivity index (χ3n) is 11.8. The van der Waals surface area contributed by atoms with Crippen LogP contribution in [-0.2, 0) is 40.3 Å². The maximum atomic E-state index is 12.1. The number of carboxylic acid groups (broad SMARTS) is 1.